The molecule has 3 rings (SSSR count). The summed E-state index contributed by atoms with van der Waals surface area (Å²) in [4.78, 5) is 12.5. The van der Waals surface area contributed by atoms with Gasteiger partial charge in [-0.25, -0.2) is 5.09 Å². The molecular weight excluding hydrogens is 497 g/mol. The predicted molar refractivity (Wildman–Crippen MR) is 156 cm³/mol. The molecule has 0 aromatic heterocycles. The third kappa shape index (κ3) is 7.21. The smallest absolute Gasteiger partial charge is 0.320 e. The van der Waals surface area contributed by atoms with Crippen molar-refractivity contribution in [2.24, 2.45) is 0 Å². The first-order valence-electron chi connectivity index (χ1n) is 14.5. The van der Waals surface area contributed by atoms with Crippen LogP contribution in [-0.2, 0) is 14.2 Å². The zero-order chi connectivity index (χ0) is 28.4. The lowest BCUT2D eigenvalue weighted by Gasteiger charge is -2.56. The van der Waals surface area contributed by atoms with Gasteiger partial charge in [0.1, 0.15) is 5.75 Å². The lowest BCUT2D eigenvalue weighted by atomic mass is 9.79. The molecule has 1 unspecified atom stereocenters. The summed E-state index contributed by atoms with van der Waals surface area (Å²) < 4.78 is 21.7. The Morgan fingerprint density at radius 3 is 1.61 bits per heavy atom. The van der Waals surface area contributed by atoms with Crippen LogP contribution in [0.4, 0.5) is 0 Å². The Balaban J connectivity index is 1.93. The van der Waals surface area contributed by atoms with E-state index in [4.69, 9.17) is 14.2 Å². The van der Waals surface area contributed by atoms with E-state index in [0.29, 0.717) is 31.8 Å². The van der Waals surface area contributed by atoms with Crippen molar-refractivity contribution >= 4 is 7.52 Å². The van der Waals surface area contributed by atoms with Crippen LogP contribution in [0.2, 0.25) is 0 Å². The Kier molecular flexibility index (Phi) is 9.87. The molecule has 1 N–H and O–H groups in total. The third-order valence-corrected chi connectivity index (χ3v) is 10.4. The van der Waals surface area contributed by atoms with Gasteiger partial charge < -0.3 is 4.52 Å². The number of hydrogen-bond acceptors (Lipinski definition) is 6. The summed E-state index contributed by atoms with van der Waals surface area (Å²) >= 11 is 0. The van der Waals surface area contributed by atoms with E-state index in [2.05, 4.69) is 84.5 Å². The maximum atomic E-state index is 15.1. The lowest BCUT2D eigenvalue weighted by Crippen LogP contribution is -2.64. The highest BCUT2D eigenvalue weighted by Crippen LogP contribution is 2.58. The maximum Gasteiger partial charge on any atom is 0.320 e. The van der Waals surface area contributed by atoms with Gasteiger partial charge in [-0.05, 0) is 106 Å². The van der Waals surface area contributed by atoms with Crippen LogP contribution < -0.4 is 9.61 Å². The summed E-state index contributed by atoms with van der Waals surface area (Å²) in [5, 5.41) is 7.97. The summed E-state index contributed by atoms with van der Waals surface area (Å²) in [6, 6.07) is 9.66. The van der Waals surface area contributed by atoms with Crippen molar-refractivity contribution in [2.45, 2.75) is 142 Å². The highest BCUT2D eigenvalue weighted by Gasteiger charge is 2.55. The number of nitrogens with zero attached hydrogens (tertiary/aromatic N) is 2. The summed E-state index contributed by atoms with van der Waals surface area (Å²) in [7, 11) is -3.34. The first-order chi connectivity index (χ1) is 17.6. The van der Waals surface area contributed by atoms with Gasteiger partial charge in [-0.2, -0.15) is 10.1 Å². The van der Waals surface area contributed by atoms with Gasteiger partial charge in [-0.1, -0.05) is 32.0 Å². The molecule has 7 nitrogen and oxygen atoms in total. The van der Waals surface area contributed by atoms with Crippen molar-refractivity contribution in [1.29, 1.82) is 0 Å². The maximum absolute atomic E-state index is 15.1. The largest absolute Gasteiger partial charge is 0.432 e. The van der Waals surface area contributed by atoms with E-state index in [0.717, 1.165) is 25.7 Å². The molecule has 2 aliphatic heterocycles. The van der Waals surface area contributed by atoms with E-state index in [1.54, 1.807) is 0 Å². The molecule has 0 amide bonds. The first-order valence-corrected chi connectivity index (χ1v) is 16.2. The first kappa shape index (κ1) is 31.6. The number of nitrogens with one attached hydrogen (secondary N) is 1. The zero-order valence-electron chi connectivity index (χ0n) is 25.7. The predicted octanol–water partition coefficient (Wildman–Crippen LogP) is 7.57. The van der Waals surface area contributed by atoms with Gasteiger partial charge in [-0.15, -0.1) is 0 Å². The van der Waals surface area contributed by atoms with E-state index >= 15 is 4.57 Å². The van der Waals surface area contributed by atoms with Crippen LogP contribution in [0.1, 0.15) is 108 Å². The van der Waals surface area contributed by atoms with Crippen LogP contribution in [-0.4, -0.2) is 57.2 Å². The molecule has 0 spiro atoms. The molecule has 2 heterocycles. The molecule has 2 aliphatic rings. The van der Waals surface area contributed by atoms with Crippen molar-refractivity contribution in [3.8, 4) is 5.75 Å². The Labute approximate surface area is 232 Å². The molecule has 0 aliphatic carbocycles. The fourth-order valence-corrected chi connectivity index (χ4v) is 9.88. The van der Waals surface area contributed by atoms with Gasteiger partial charge in [-0.3, -0.25) is 14.2 Å². The van der Waals surface area contributed by atoms with Crippen LogP contribution in [0, 0.1) is 0 Å². The number of piperidine rings is 2. The minimum absolute atomic E-state index is 0.0246. The third-order valence-electron chi connectivity index (χ3n) is 7.84. The molecule has 218 valence electrons. The van der Waals surface area contributed by atoms with E-state index in [1.807, 2.05) is 30.3 Å². The van der Waals surface area contributed by atoms with Gasteiger partial charge in [0.2, 0.25) is 0 Å². The van der Waals surface area contributed by atoms with Gasteiger partial charge in [0.15, 0.2) is 0 Å². The van der Waals surface area contributed by atoms with Crippen LogP contribution in [0.25, 0.3) is 0 Å². The van der Waals surface area contributed by atoms with E-state index < -0.39 is 7.52 Å². The number of rotatable bonds is 11. The van der Waals surface area contributed by atoms with E-state index in [-0.39, 0.29) is 33.9 Å². The second-order valence-corrected chi connectivity index (χ2v) is 16.2. The topological polar surface area (TPSA) is 63.3 Å². The van der Waals surface area contributed by atoms with Crippen molar-refractivity contribution < 1.29 is 18.8 Å². The molecule has 38 heavy (non-hydrogen) atoms. The quantitative estimate of drug-likeness (QED) is 0.285. The molecule has 1 aromatic rings. The summed E-state index contributed by atoms with van der Waals surface area (Å²) in [6.45, 7) is 23.3. The van der Waals surface area contributed by atoms with E-state index in [1.165, 1.54) is 0 Å². The molecule has 0 saturated carbocycles. The van der Waals surface area contributed by atoms with Crippen LogP contribution in [0.5, 0.6) is 5.75 Å². The van der Waals surface area contributed by atoms with Gasteiger partial charge in [0.05, 0.1) is 18.9 Å². The van der Waals surface area contributed by atoms with Crippen LogP contribution in [0.15, 0.2) is 30.3 Å². The van der Waals surface area contributed by atoms with Gasteiger partial charge in [0, 0.05) is 28.2 Å². The molecule has 2 saturated heterocycles. The number of hydrogen-bond donors (Lipinski definition) is 1. The Bertz CT molecular complexity index is 914. The molecule has 8 heteroatoms. The average Bonchev–Trinajstić information content (AvgIpc) is 2.76. The fourth-order valence-electron chi connectivity index (χ4n) is 6.97. The molecule has 0 bridgehead atoms. The number of para-hydroxylation sites is 1. The Morgan fingerprint density at radius 1 is 0.763 bits per heavy atom. The molecule has 1 atom stereocenters. The minimum atomic E-state index is -3.34. The van der Waals surface area contributed by atoms with Crippen molar-refractivity contribution in [3.63, 3.8) is 0 Å². The molecule has 0 radical (unpaired) electrons. The standard InChI is InChI=1S/C30H54N3O4P/c1-11-18-35-32-27(3,4)20-24(21-28(32,5)6)31-38(34,37-25-16-14-13-15-17-25)26-22-29(7,8)33(36-19-12-2)30(9,10)23-26/h13-17,24,26H,11-12,18-23H2,1-10H3,(H,31,34). The second-order valence-electron chi connectivity index (χ2n) is 13.8. The molecule has 2 fully saturated rings. The summed E-state index contributed by atoms with van der Waals surface area (Å²) in [5.41, 5.74) is -1.19. The van der Waals surface area contributed by atoms with Crippen molar-refractivity contribution in [1.82, 2.24) is 15.2 Å². The van der Waals surface area contributed by atoms with Crippen LogP contribution >= 0.6 is 7.52 Å². The number of benzene rings is 1. The SMILES string of the molecule is CCCON1C(C)(C)CC(NP(=O)(Oc2ccccc2)C2CC(C)(C)N(OCCC)C(C)(C)C2)CC1(C)C. The fraction of sp³-hybridized carbons (Fsp3) is 0.800. The highest BCUT2D eigenvalue weighted by molar-refractivity contribution is 7.58. The molecular formula is C30H54N3O4P. The molecule has 1 aromatic carbocycles. The van der Waals surface area contributed by atoms with Crippen molar-refractivity contribution in [2.75, 3.05) is 13.2 Å². The monoisotopic (exact) mass is 551 g/mol. The van der Waals surface area contributed by atoms with Crippen LogP contribution in [0.3, 0.4) is 0 Å². The van der Waals surface area contributed by atoms with Gasteiger partial charge in [0.25, 0.3) is 0 Å². The zero-order valence-corrected chi connectivity index (χ0v) is 26.6. The summed E-state index contributed by atoms with van der Waals surface area (Å²) in [6.07, 6.45) is 4.97. The summed E-state index contributed by atoms with van der Waals surface area (Å²) in [5.74, 6) is 0.644. The Morgan fingerprint density at radius 2 is 1.18 bits per heavy atom. The number of hydroxylamine groups is 4. The van der Waals surface area contributed by atoms with Gasteiger partial charge >= 0.3 is 7.52 Å². The minimum Gasteiger partial charge on any atom is -0.432 e. The normalized spacial score (nSPS) is 25.6. The second kappa shape index (κ2) is 11.9. The Hall–Kier alpha value is -0.950. The van der Waals surface area contributed by atoms with Crippen molar-refractivity contribution in [3.05, 3.63) is 30.3 Å². The lowest BCUT2D eigenvalue weighted by molar-refractivity contribution is -0.283. The van der Waals surface area contributed by atoms with E-state index in [9.17, 15) is 0 Å². The average molecular weight is 552 g/mol. The highest BCUT2D eigenvalue weighted by atomic mass is 31.2.